The van der Waals surface area contributed by atoms with E-state index in [1.165, 1.54) is 14.5 Å². The molecule has 1 aliphatic rings. The molecule has 90 valence electrons. The lowest BCUT2D eigenvalue weighted by Gasteiger charge is -2.28. The highest BCUT2D eigenvalue weighted by atomic mass is 127. The number of nitrogens with zero attached hydrogens (tertiary/aromatic N) is 2. The van der Waals surface area contributed by atoms with Gasteiger partial charge in [-0.15, -0.1) is 0 Å². The summed E-state index contributed by atoms with van der Waals surface area (Å²) in [4.78, 5) is 6.82. The van der Waals surface area contributed by atoms with E-state index in [1.54, 1.807) is 0 Å². The molecule has 0 radical (unpaired) electrons. The minimum atomic E-state index is 0.778. The molecule has 0 spiro atoms. The van der Waals surface area contributed by atoms with Gasteiger partial charge in [0.25, 0.3) is 0 Å². The third-order valence-corrected chi connectivity index (χ3v) is 3.35. The zero-order chi connectivity index (χ0) is 12.1. The van der Waals surface area contributed by atoms with Gasteiger partial charge in [-0.25, -0.2) is 4.98 Å². The van der Waals surface area contributed by atoms with Gasteiger partial charge < -0.3 is 9.64 Å². The van der Waals surface area contributed by atoms with E-state index in [0.717, 1.165) is 37.8 Å². The van der Waals surface area contributed by atoms with Crippen LogP contribution in [0.15, 0.2) is 12.1 Å². The zero-order valence-electron chi connectivity index (χ0n) is 9.57. The number of ether oxygens (including phenoxy) is 1. The third-order valence-electron chi connectivity index (χ3n) is 2.51. The first-order chi connectivity index (χ1) is 8.29. The van der Waals surface area contributed by atoms with E-state index >= 15 is 0 Å². The molecule has 1 fully saturated rings. The number of hydrogen-bond donors (Lipinski definition) is 0. The molecule has 0 unspecified atom stereocenters. The molecule has 0 atom stereocenters. The fourth-order valence-electron chi connectivity index (χ4n) is 1.74. The maximum atomic E-state index is 5.34. The number of rotatable bonds is 1. The van der Waals surface area contributed by atoms with Crippen LogP contribution >= 0.6 is 30.1 Å². The van der Waals surface area contributed by atoms with E-state index in [0.29, 0.717) is 0 Å². The van der Waals surface area contributed by atoms with Crippen molar-refractivity contribution in [2.75, 3.05) is 31.2 Å². The Morgan fingerprint density at radius 3 is 2.88 bits per heavy atom. The fourth-order valence-corrected chi connectivity index (χ4v) is 2.21. The Kier molecular flexibility index (Phi) is 4.95. The fraction of sp³-hybridized carbons (Fsp3) is 0.417. The van der Waals surface area contributed by atoms with Crippen molar-refractivity contribution < 1.29 is 4.74 Å². The highest BCUT2D eigenvalue weighted by Gasteiger charge is 2.12. The quantitative estimate of drug-likeness (QED) is 0.568. The monoisotopic (exact) mass is 360 g/mol. The summed E-state index contributed by atoms with van der Waals surface area (Å²) in [5, 5.41) is 2.97. The number of aryl methyl sites for hydroxylation is 1. The van der Waals surface area contributed by atoms with Gasteiger partial charge in [0.1, 0.15) is 11.5 Å². The van der Waals surface area contributed by atoms with E-state index < -0.39 is 0 Å². The standard InChI is InChI=1S/C12H13IN2OS/c1-10-8-11(2-7-17-13)14-12(9-10)15-3-5-16-6-4-15/h8-9H,3-6H2,1H3. The van der Waals surface area contributed by atoms with Crippen LogP contribution in [-0.4, -0.2) is 31.3 Å². The van der Waals surface area contributed by atoms with Gasteiger partial charge in [-0.05, 0) is 44.7 Å². The van der Waals surface area contributed by atoms with Crippen molar-refractivity contribution in [2.24, 2.45) is 0 Å². The van der Waals surface area contributed by atoms with Crippen LogP contribution in [0.1, 0.15) is 11.3 Å². The average molecular weight is 360 g/mol. The number of morpholine rings is 1. The van der Waals surface area contributed by atoms with Gasteiger partial charge in [-0.1, -0.05) is 0 Å². The molecular weight excluding hydrogens is 347 g/mol. The molecule has 1 aromatic rings. The van der Waals surface area contributed by atoms with Crippen molar-refractivity contribution in [3.63, 3.8) is 0 Å². The molecular formula is C12H13IN2OS. The van der Waals surface area contributed by atoms with E-state index in [4.69, 9.17) is 4.74 Å². The van der Waals surface area contributed by atoms with Crippen LogP contribution in [0.5, 0.6) is 0 Å². The van der Waals surface area contributed by atoms with Crippen LogP contribution in [0.25, 0.3) is 0 Å². The van der Waals surface area contributed by atoms with Crippen molar-refractivity contribution in [3.05, 3.63) is 23.4 Å². The summed E-state index contributed by atoms with van der Waals surface area (Å²) in [6.45, 7) is 5.45. The van der Waals surface area contributed by atoms with Gasteiger partial charge in [-0.3, -0.25) is 0 Å². The molecule has 1 aliphatic heterocycles. The molecule has 0 amide bonds. The Hall–Kier alpha value is -0.450. The molecule has 3 nitrogen and oxygen atoms in total. The second-order valence-corrected chi connectivity index (χ2v) is 5.47. The van der Waals surface area contributed by atoms with Crippen molar-refractivity contribution in [3.8, 4) is 11.2 Å². The number of anilines is 1. The highest BCUT2D eigenvalue weighted by molar-refractivity contribution is 14.2. The largest absolute Gasteiger partial charge is 0.378 e. The summed E-state index contributed by atoms with van der Waals surface area (Å²) in [6.07, 6.45) is 0. The molecule has 1 saturated heterocycles. The molecule has 1 aromatic heterocycles. The first kappa shape index (κ1) is 13.0. The lowest BCUT2D eigenvalue weighted by atomic mass is 10.2. The average Bonchev–Trinajstić information content (AvgIpc) is 2.37. The van der Waals surface area contributed by atoms with Crippen LogP contribution in [0.3, 0.4) is 0 Å². The normalized spacial score (nSPS) is 15.3. The number of hydrogen-bond acceptors (Lipinski definition) is 4. The lowest BCUT2D eigenvalue weighted by molar-refractivity contribution is 0.122. The van der Waals surface area contributed by atoms with Crippen LogP contribution in [0.4, 0.5) is 5.82 Å². The molecule has 0 saturated carbocycles. The van der Waals surface area contributed by atoms with Gasteiger partial charge in [0.15, 0.2) is 0 Å². The second-order valence-electron chi connectivity index (χ2n) is 3.79. The van der Waals surface area contributed by atoms with Crippen molar-refractivity contribution >= 4 is 36.0 Å². The highest BCUT2D eigenvalue weighted by Crippen LogP contribution is 2.16. The molecule has 0 aliphatic carbocycles. The predicted molar refractivity (Wildman–Crippen MR) is 80.5 cm³/mol. The third kappa shape index (κ3) is 3.76. The summed E-state index contributed by atoms with van der Waals surface area (Å²) in [7, 11) is 1.48. The van der Waals surface area contributed by atoms with Gasteiger partial charge in [0, 0.05) is 34.3 Å². The lowest BCUT2D eigenvalue weighted by Crippen LogP contribution is -2.36. The summed E-state index contributed by atoms with van der Waals surface area (Å²) in [5.74, 6) is 4.06. The topological polar surface area (TPSA) is 25.4 Å². The van der Waals surface area contributed by atoms with E-state index in [-0.39, 0.29) is 0 Å². The predicted octanol–water partition coefficient (Wildman–Crippen LogP) is 2.62. The van der Waals surface area contributed by atoms with Crippen molar-refractivity contribution in [1.29, 1.82) is 0 Å². The molecule has 2 rings (SSSR count). The summed E-state index contributed by atoms with van der Waals surface area (Å²) < 4.78 is 5.34. The van der Waals surface area contributed by atoms with Crippen molar-refractivity contribution in [1.82, 2.24) is 4.98 Å². The first-order valence-corrected chi connectivity index (χ1v) is 8.75. The maximum Gasteiger partial charge on any atom is 0.130 e. The zero-order valence-corrected chi connectivity index (χ0v) is 12.5. The maximum absolute atomic E-state index is 5.34. The smallest absolute Gasteiger partial charge is 0.130 e. The van der Waals surface area contributed by atoms with Crippen LogP contribution in [-0.2, 0) is 4.74 Å². The molecule has 5 heteroatoms. The number of halogens is 1. The summed E-state index contributed by atoms with van der Waals surface area (Å²) in [5.41, 5.74) is 2.04. The van der Waals surface area contributed by atoms with Gasteiger partial charge in [0.2, 0.25) is 0 Å². The second kappa shape index (κ2) is 6.47. The van der Waals surface area contributed by atoms with Gasteiger partial charge >= 0.3 is 0 Å². The minimum absolute atomic E-state index is 0.778. The summed E-state index contributed by atoms with van der Waals surface area (Å²) in [6, 6.07) is 4.12. The Labute approximate surface area is 118 Å². The van der Waals surface area contributed by atoms with Crippen LogP contribution in [0.2, 0.25) is 0 Å². The number of aromatic nitrogens is 1. The molecule has 17 heavy (non-hydrogen) atoms. The first-order valence-electron chi connectivity index (χ1n) is 5.39. The Morgan fingerprint density at radius 1 is 1.41 bits per heavy atom. The molecule has 0 bridgehead atoms. The van der Waals surface area contributed by atoms with Crippen molar-refractivity contribution in [2.45, 2.75) is 6.92 Å². The van der Waals surface area contributed by atoms with Crippen LogP contribution in [0, 0.1) is 18.1 Å². The van der Waals surface area contributed by atoms with Crippen LogP contribution < -0.4 is 4.90 Å². The Morgan fingerprint density at radius 2 is 2.18 bits per heavy atom. The van der Waals surface area contributed by atoms with E-state index in [2.05, 4.69) is 55.3 Å². The van der Waals surface area contributed by atoms with E-state index in [9.17, 15) is 0 Å². The SMILES string of the molecule is Cc1cc(C#CSI)nc(N2CCOCC2)c1. The minimum Gasteiger partial charge on any atom is -0.378 e. The molecule has 0 aromatic carbocycles. The summed E-state index contributed by atoms with van der Waals surface area (Å²) >= 11 is 2.16. The van der Waals surface area contributed by atoms with Gasteiger partial charge in [0.05, 0.1) is 13.2 Å². The van der Waals surface area contributed by atoms with E-state index in [1.807, 2.05) is 6.07 Å². The van der Waals surface area contributed by atoms with Gasteiger partial charge in [-0.2, -0.15) is 0 Å². The number of pyridine rings is 1. The Bertz CT molecular complexity index is 450. The molecule has 2 heterocycles. The molecule has 0 N–H and O–H groups in total. The Balaban J connectivity index is 2.24.